The topological polar surface area (TPSA) is 57.6 Å². The van der Waals surface area contributed by atoms with E-state index >= 15 is 0 Å². The molecule has 0 spiro atoms. The van der Waals surface area contributed by atoms with Crippen LogP contribution >= 0.6 is 0 Å². The Morgan fingerprint density at radius 3 is 1.98 bits per heavy atom. The lowest BCUT2D eigenvalue weighted by molar-refractivity contribution is -0.120. The highest BCUT2D eigenvalue weighted by molar-refractivity contribution is 5.98. The van der Waals surface area contributed by atoms with E-state index in [4.69, 9.17) is 0 Å². The molecule has 0 aromatic carbocycles. The number of nitrogens with zero attached hydrogens (tertiary/aromatic N) is 3. The number of aromatic nitrogens is 1. The molecular formula is C37H54N4O. The molecule has 0 atom stereocenters. The first kappa shape index (κ1) is 34.9. The van der Waals surface area contributed by atoms with Crippen LogP contribution in [0.5, 0.6) is 0 Å². The molecule has 5 heteroatoms. The average molecular weight is 571 g/mol. The predicted octanol–water partition coefficient (Wildman–Crippen LogP) is 8.12. The van der Waals surface area contributed by atoms with E-state index in [9.17, 15) is 4.79 Å². The van der Waals surface area contributed by atoms with E-state index in [1.54, 1.807) is 0 Å². The number of nitrogens with one attached hydrogen (secondary N) is 1. The summed E-state index contributed by atoms with van der Waals surface area (Å²) in [7, 11) is 0. The van der Waals surface area contributed by atoms with Crippen LogP contribution in [-0.4, -0.2) is 54.2 Å². The SMILES string of the molecule is CCC=CCC=CCC=CCC=CCC=CCC=CCCC(=O)NCCN=C(C)c1ccc(CCN2CCCC2)nc1. The number of hydrogen-bond donors (Lipinski definition) is 1. The first-order valence-corrected chi connectivity index (χ1v) is 16.0. The van der Waals surface area contributed by atoms with Gasteiger partial charge in [0.2, 0.25) is 5.91 Å². The number of rotatable bonds is 21. The van der Waals surface area contributed by atoms with E-state index in [2.05, 4.69) is 112 Å². The van der Waals surface area contributed by atoms with E-state index < -0.39 is 0 Å². The first-order chi connectivity index (χ1) is 20.7. The lowest BCUT2D eigenvalue weighted by atomic mass is 10.1. The Hall–Kier alpha value is -3.31. The minimum atomic E-state index is 0.0754. The smallest absolute Gasteiger partial charge is 0.220 e. The monoisotopic (exact) mass is 570 g/mol. The van der Waals surface area contributed by atoms with Crippen LogP contribution in [0, 0.1) is 0 Å². The summed E-state index contributed by atoms with van der Waals surface area (Å²) < 4.78 is 0. The molecule has 1 aliphatic rings. The van der Waals surface area contributed by atoms with E-state index in [1.807, 2.05) is 13.1 Å². The number of carbonyl (C=O) groups excluding carboxylic acids is 1. The second-order valence-corrected chi connectivity index (χ2v) is 10.6. The fraction of sp³-hybridized carbons (Fsp3) is 0.486. The van der Waals surface area contributed by atoms with Gasteiger partial charge in [-0.15, -0.1) is 0 Å². The van der Waals surface area contributed by atoms with E-state index in [0.29, 0.717) is 19.5 Å². The Balaban J connectivity index is 1.45. The fourth-order valence-corrected chi connectivity index (χ4v) is 4.52. The molecule has 228 valence electrons. The van der Waals surface area contributed by atoms with Gasteiger partial charge in [-0.1, -0.05) is 79.8 Å². The molecule has 1 aromatic rings. The van der Waals surface area contributed by atoms with Crippen molar-refractivity contribution in [3.8, 4) is 0 Å². The van der Waals surface area contributed by atoms with Crippen LogP contribution in [-0.2, 0) is 11.2 Å². The van der Waals surface area contributed by atoms with Gasteiger partial charge in [0.1, 0.15) is 0 Å². The molecule has 1 aromatic heterocycles. The van der Waals surface area contributed by atoms with Gasteiger partial charge < -0.3 is 10.2 Å². The van der Waals surface area contributed by atoms with Crippen molar-refractivity contribution < 1.29 is 4.79 Å². The van der Waals surface area contributed by atoms with Crippen molar-refractivity contribution in [1.82, 2.24) is 15.2 Å². The predicted molar refractivity (Wildman–Crippen MR) is 181 cm³/mol. The number of hydrogen-bond acceptors (Lipinski definition) is 4. The molecule has 1 N–H and O–H groups in total. The molecule has 1 saturated heterocycles. The molecule has 5 nitrogen and oxygen atoms in total. The zero-order valence-electron chi connectivity index (χ0n) is 26.2. The molecule has 2 heterocycles. The maximum atomic E-state index is 12.1. The molecule has 1 aliphatic heterocycles. The van der Waals surface area contributed by atoms with Gasteiger partial charge in [-0.3, -0.25) is 14.8 Å². The minimum Gasteiger partial charge on any atom is -0.354 e. The van der Waals surface area contributed by atoms with Gasteiger partial charge in [-0.2, -0.15) is 0 Å². The summed E-state index contributed by atoms with van der Waals surface area (Å²) in [5.74, 6) is 0.0754. The summed E-state index contributed by atoms with van der Waals surface area (Å²) >= 11 is 0. The molecule has 1 amide bonds. The highest BCUT2D eigenvalue weighted by Gasteiger charge is 2.11. The molecule has 1 fully saturated rings. The van der Waals surface area contributed by atoms with E-state index in [0.717, 1.165) is 74.9 Å². The second-order valence-electron chi connectivity index (χ2n) is 10.6. The number of amides is 1. The number of carbonyl (C=O) groups is 1. The second kappa shape index (κ2) is 24.3. The lowest BCUT2D eigenvalue weighted by Gasteiger charge is -2.13. The number of likely N-dealkylation sites (tertiary alicyclic amines) is 1. The van der Waals surface area contributed by atoms with Crippen molar-refractivity contribution in [2.45, 2.75) is 84.5 Å². The van der Waals surface area contributed by atoms with Crippen molar-refractivity contribution in [3.05, 3.63) is 102 Å². The van der Waals surface area contributed by atoms with Crippen LogP contribution in [0.15, 0.2) is 96.2 Å². The van der Waals surface area contributed by atoms with Crippen molar-refractivity contribution in [3.63, 3.8) is 0 Å². The average Bonchev–Trinajstić information content (AvgIpc) is 3.53. The molecule has 0 unspecified atom stereocenters. The van der Waals surface area contributed by atoms with Gasteiger partial charge in [-0.25, -0.2) is 0 Å². The maximum Gasteiger partial charge on any atom is 0.220 e. The highest BCUT2D eigenvalue weighted by atomic mass is 16.1. The number of aliphatic imine (C=N–C) groups is 1. The highest BCUT2D eigenvalue weighted by Crippen LogP contribution is 2.09. The van der Waals surface area contributed by atoms with Crippen LogP contribution in [0.4, 0.5) is 0 Å². The van der Waals surface area contributed by atoms with E-state index in [1.165, 1.54) is 25.9 Å². The van der Waals surface area contributed by atoms with Crippen LogP contribution in [0.25, 0.3) is 0 Å². The van der Waals surface area contributed by atoms with Crippen molar-refractivity contribution in [2.75, 3.05) is 32.7 Å². The fourth-order valence-electron chi connectivity index (χ4n) is 4.52. The first-order valence-electron chi connectivity index (χ1n) is 16.0. The van der Waals surface area contributed by atoms with Crippen molar-refractivity contribution in [1.29, 1.82) is 0 Å². The van der Waals surface area contributed by atoms with E-state index in [-0.39, 0.29) is 5.91 Å². The van der Waals surface area contributed by atoms with Gasteiger partial charge in [0.15, 0.2) is 0 Å². The molecule has 0 radical (unpaired) electrons. The quantitative estimate of drug-likeness (QED) is 0.0922. The van der Waals surface area contributed by atoms with Gasteiger partial charge >= 0.3 is 0 Å². The molecule has 0 aliphatic carbocycles. The summed E-state index contributed by atoms with van der Waals surface area (Å²) in [6.07, 6.45) is 39.1. The zero-order chi connectivity index (χ0) is 29.9. The molecule has 0 saturated carbocycles. The Morgan fingerprint density at radius 1 is 0.857 bits per heavy atom. The molecule has 42 heavy (non-hydrogen) atoms. The summed E-state index contributed by atoms with van der Waals surface area (Å²) in [4.78, 5) is 23.8. The van der Waals surface area contributed by atoms with Gasteiger partial charge in [0, 0.05) is 49.1 Å². The molecule has 2 rings (SSSR count). The third kappa shape index (κ3) is 18.2. The largest absolute Gasteiger partial charge is 0.354 e. The minimum absolute atomic E-state index is 0.0754. The summed E-state index contributed by atoms with van der Waals surface area (Å²) in [5, 5.41) is 2.97. The lowest BCUT2D eigenvalue weighted by Crippen LogP contribution is -2.25. The Kier molecular flexibility index (Phi) is 20.2. The third-order valence-corrected chi connectivity index (χ3v) is 7.04. The Bertz CT molecular complexity index is 1050. The summed E-state index contributed by atoms with van der Waals surface area (Å²) in [6.45, 7) is 8.84. The maximum absolute atomic E-state index is 12.1. The standard InChI is InChI=1S/C37H54N4O/c1-3-4-5-6-7-8-9-10-11-12-13-14-15-16-17-18-19-20-21-24-37(42)39-29-28-38-34(2)35-25-26-36(40-33-35)27-32-41-30-22-23-31-41/h4-5,7-8,10-11,13-14,16-17,19-20,25-26,33H,3,6,9,12,15,18,21-24,27-32H2,1-2H3,(H,39,42). The molecular weight excluding hydrogens is 516 g/mol. The normalized spacial score (nSPS) is 15.2. The number of pyridine rings is 1. The van der Waals surface area contributed by atoms with Crippen LogP contribution in [0.3, 0.4) is 0 Å². The number of allylic oxidation sites excluding steroid dienone is 12. The van der Waals surface area contributed by atoms with Crippen molar-refractivity contribution in [2.24, 2.45) is 4.99 Å². The van der Waals surface area contributed by atoms with Gasteiger partial charge in [0.05, 0.1) is 6.54 Å². The summed E-state index contributed by atoms with van der Waals surface area (Å²) in [6, 6.07) is 4.22. The summed E-state index contributed by atoms with van der Waals surface area (Å²) in [5.41, 5.74) is 3.14. The van der Waals surface area contributed by atoms with Crippen LogP contribution < -0.4 is 5.32 Å². The zero-order valence-corrected chi connectivity index (χ0v) is 26.2. The van der Waals surface area contributed by atoms with Crippen LogP contribution in [0.2, 0.25) is 0 Å². The van der Waals surface area contributed by atoms with Gasteiger partial charge in [0.25, 0.3) is 0 Å². The van der Waals surface area contributed by atoms with Gasteiger partial charge in [-0.05, 0) is 89.9 Å². The Morgan fingerprint density at radius 2 is 1.43 bits per heavy atom. The third-order valence-electron chi connectivity index (χ3n) is 7.04. The Labute approximate surface area is 256 Å². The van der Waals surface area contributed by atoms with Crippen molar-refractivity contribution >= 4 is 11.6 Å². The molecule has 0 bridgehead atoms. The van der Waals surface area contributed by atoms with Crippen LogP contribution in [0.1, 0.15) is 89.3 Å².